The zero-order valence-electron chi connectivity index (χ0n) is 56.4. The standard InChI is InChI=1S/C75H142NO8P/c1-3-5-7-9-11-13-15-17-19-21-23-25-27-28-29-30-31-32-33-34-35-36-37-38-39-40-41-42-43-44-46-48-50-52-54-56-58-60-62-64-66-68-75(78)84-73(72-83-85(79,80)82-70-69-76)71-81-74(77)67-65-63-61-59-57-55-53-51-49-47-45-26-24-22-20-18-16-14-12-10-8-6-4-2/h5,7,11,13,17,19,23,25,73H,3-4,6,8-10,12,14-16,18,20-22,24,26-72,76H2,1-2H3,(H,79,80)/b7-5-,13-11-,19-17-,25-23-. The number of phosphoric acid groups is 1. The van der Waals surface area contributed by atoms with Crippen molar-refractivity contribution >= 4 is 19.8 Å². The molecule has 0 amide bonds. The van der Waals surface area contributed by atoms with Crippen LogP contribution in [-0.2, 0) is 32.7 Å². The molecule has 0 saturated heterocycles. The summed E-state index contributed by atoms with van der Waals surface area (Å²) in [6.45, 7) is 3.71. The zero-order valence-corrected chi connectivity index (χ0v) is 57.3. The number of ether oxygens (including phenoxy) is 2. The van der Waals surface area contributed by atoms with Crippen molar-refractivity contribution in [2.75, 3.05) is 26.4 Å². The molecule has 0 heterocycles. The summed E-state index contributed by atoms with van der Waals surface area (Å²) >= 11 is 0. The van der Waals surface area contributed by atoms with Gasteiger partial charge in [0.1, 0.15) is 6.61 Å². The van der Waals surface area contributed by atoms with Crippen molar-refractivity contribution < 1.29 is 37.6 Å². The van der Waals surface area contributed by atoms with Crippen LogP contribution in [0, 0.1) is 0 Å². The van der Waals surface area contributed by atoms with Gasteiger partial charge in [-0.3, -0.25) is 18.6 Å². The highest BCUT2D eigenvalue weighted by atomic mass is 31.2. The number of carbonyl (C=O) groups excluding carboxylic acids is 2. The van der Waals surface area contributed by atoms with E-state index < -0.39 is 26.5 Å². The molecule has 2 atom stereocenters. The van der Waals surface area contributed by atoms with Gasteiger partial charge in [0, 0.05) is 19.4 Å². The van der Waals surface area contributed by atoms with Gasteiger partial charge in [0.25, 0.3) is 0 Å². The van der Waals surface area contributed by atoms with Crippen LogP contribution in [0.1, 0.15) is 386 Å². The average molecular weight is 1220 g/mol. The lowest BCUT2D eigenvalue weighted by Gasteiger charge is -2.19. The lowest BCUT2D eigenvalue weighted by Crippen LogP contribution is -2.29. The number of allylic oxidation sites excluding steroid dienone is 8. The first-order valence-electron chi connectivity index (χ1n) is 37.1. The second-order valence-electron chi connectivity index (χ2n) is 25.1. The van der Waals surface area contributed by atoms with E-state index in [0.717, 1.165) is 57.8 Å². The van der Waals surface area contributed by atoms with Gasteiger partial charge < -0.3 is 20.1 Å². The van der Waals surface area contributed by atoms with Gasteiger partial charge in [0.05, 0.1) is 13.2 Å². The minimum Gasteiger partial charge on any atom is -0.462 e. The van der Waals surface area contributed by atoms with Gasteiger partial charge in [0.2, 0.25) is 0 Å². The summed E-state index contributed by atoms with van der Waals surface area (Å²) in [4.78, 5) is 35.4. The van der Waals surface area contributed by atoms with Crippen molar-refractivity contribution in [2.24, 2.45) is 5.73 Å². The molecular formula is C75H142NO8P. The summed E-state index contributed by atoms with van der Waals surface area (Å²) in [5.41, 5.74) is 5.41. The van der Waals surface area contributed by atoms with Crippen molar-refractivity contribution in [3.8, 4) is 0 Å². The van der Waals surface area contributed by atoms with E-state index in [1.165, 1.54) is 295 Å². The van der Waals surface area contributed by atoms with Crippen LogP contribution in [0.5, 0.6) is 0 Å². The van der Waals surface area contributed by atoms with Gasteiger partial charge in [-0.05, 0) is 51.4 Å². The maximum Gasteiger partial charge on any atom is 0.472 e. The zero-order chi connectivity index (χ0) is 61.6. The Balaban J connectivity index is 3.74. The number of phosphoric ester groups is 1. The highest BCUT2D eigenvalue weighted by molar-refractivity contribution is 7.47. The predicted molar refractivity (Wildman–Crippen MR) is 367 cm³/mol. The number of rotatable bonds is 71. The molecule has 0 aliphatic heterocycles. The van der Waals surface area contributed by atoms with Crippen molar-refractivity contribution in [2.45, 2.75) is 392 Å². The van der Waals surface area contributed by atoms with Crippen LogP contribution in [0.3, 0.4) is 0 Å². The molecule has 10 heteroatoms. The average Bonchev–Trinajstić information content (AvgIpc) is 3.52. The maximum atomic E-state index is 12.8. The summed E-state index contributed by atoms with van der Waals surface area (Å²) in [5, 5.41) is 0. The van der Waals surface area contributed by atoms with Crippen LogP contribution in [0.15, 0.2) is 48.6 Å². The minimum absolute atomic E-state index is 0.0569. The highest BCUT2D eigenvalue weighted by Crippen LogP contribution is 2.43. The van der Waals surface area contributed by atoms with Gasteiger partial charge in [-0.25, -0.2) is 4.57 Å². The molecule has 85 heavy (non-hydrogen) atoms. The topological polar surface area (TPSA) is 134 Å². The van der Waals surface area contributed by atoms with E-state index in [4.69, 9.17) is 24.3 Å². The summed E-state index contributed by atoms with van der Waals surface area (Å²) in [6.07, 6.45) is 91.0. The fourth-order valence-electron chi connectivity index (χ4n) is 11.3. The lowest BCUT2D eigenvalue weighted by molar-refractivity contribution is -0.161. The summed E-state index contributed by atoms with van der Waals surface area (Å²) in [6, 6.07) is 0. The molecule has 0 rings (SSSR count). The first kappa shape index (κ1) is 83.0. The van der Waals surface area contributed by atoms with Crippen LogP contribution in [0.2, 0.25) is 0 Å². The number of hydrogen-bond donors (Lipinski definition) is 2. The minimum atomic E-state index is -4.39. The Hall–Kier alpha value is -2.03. The first-order chi connectivity index (χ1) is 41.8. The normalized spacial score (nSPS) is 13.1. The van der Waals surface area contributed by atoms with E-state index in [-0.39, 0.29) is 38.6 Å². The smallest absolute Gasteiger partial charge is 0.462 e. The Bertz CT molecular complexity index is 1530. The second kappa shape index (κ2) is 71.1. The molecule has 0 aliphatic carbocycles. The third kappa shape index (κ3) is 70.9. The number of unbranched alkanes of at least 4 members (excludes halogenated alkanes) is 50. The molecule has 500 valence electrons. The number of nitrogens with two attached hydrogens (primary N) is 1. The Morgan fingerprint density at radius 2 is 0.647 bits per heavy atom. The molecule has 3 N–H and O–H groups in total. The van der Waals surface area contributed by atoms with E-state index >= 15 is 0 Å². The van der Waals surface area contributed by atoms with Gasteiger partial charge >= 0.3 is 19.8 Å². The lowest BCUT2D eigenvalue weighted by atomic mass is 10.0. The molecule has 0 saturated carbocycles. The Morgan fingerprint density at radius 3 is 0.965 bits per heavy atom. The molecular weight excluding hydrogens is 1070 g/mol. The molecule has 0 spiro atoms. The highest BCUT2D eigenvalue weighted by Gasteiger charge is 2.26. The monoisotopic (exact) mass is 1220 g/mol. The van der Waals surface area contributed by atoms with Crippen LogP contribution >= 0.6 is 7.82 Å². The number of esters is 2. The van der Waals surface area contributed by atoms with Crippen molar-refractivity contribution in [3.63, 3.8) is 0 Å². The van der Waals surface area contributed by atoms with E-state index in [2.05, 4.69) is 62.5 Å². The van der Waals surface area contributed by atoms with Crippen molar-refractivity contribution in [1.82, 2.24) is 0 Å². The van der Waals surface area contributed by atoms with E-state index in [9.17, 15) is 19.0 Å². The van der Waals surface area contributed by atoms with E-state index in [0.29, 0.717) is 6.42 Å². The van der Waals surface area contributed by atoms with Crippen molar-refractivity contribution in [1.29, 1.82) is 0 Å². The largest absolute Gasteiger partial charge is 0.472 e. The fourth-order valence-corrected chi connectivity index (χ4v) is 12.0. The molecule has 0 radical (unpaired) electrons. The molecule has 0 aromatic heterocycles. The van der Waals surface area contributed by atoms with Gasteiger partial charge in [-0.1, -0.05) is 371 Å². The van der Waals surface area contributed by atoms with Crippen molar-refractivity contribution in [3.05, 3.63) is 48.6 Å². The van der Waals surface area contributed by atoms with Gasteiger partial charge in [0.15, 0.2) is 6.10 Å². The van der Waals surface area contributed by atoms with E-state index in [1.54, 1.807) is 0 Å². The molecule has 0 fully saturated rings. The molecule has 0 aromatic carbocycles. The van der Waals surface area contributed by atoms with Crippen LogP contribution < -0.4 is 5.73 Å². The first-order valence-corrected chi connectivity index (χ1v) is 38.6. The molecule has 0 aliphatic rings. The van der Waals surface area contributed by atoms with Crippen LogP contribution in [-0.4, -0.2) is 49.3 Å². The van der Waals surface area contributed by atoms with Gasteiger partial charge in [-0.2, -0.15) is 0 Å². The summed E-state index contributed by atoms with van der Waals surface area (Å²) < 4.78 is 33.2. The maximum absolute atomic E-state index is 12.8. The Kier molecular flexibility index (Phi) is 69.4. The summed E-state index contributed by atoms with van der Waals surface area (Å²) in [7, 11) is -4.39. The third-order valence-electron chi connectivity index (χ3n) is 16.7. The quantitative estimate of drug-likeness (QED) is 0.0264. The molecule has 2 unspecified atom stereocenters. The Morgan fingerprint density at radius 1 is 0.365 bits per heavy atom. The molecule has 9 nitrogen and oxygen atoms in total. The fraction of sp³-hybridized carbons (Fsp3) is 0.867. The molecule has 0 aromatic rings. The van der Waals surface area contributed by atoms with Crippen LogP contribution in [0.25, 0.3) is 0 Å². The number of hydrogen-bond acceptors (Lipinski definition) is 8. The molecule has 0 bridgehead atoms. The van der Waals surface area contributed by atoms with Gasteiger partial charge in [-0.15, -0.1) is 0 Å². The van der Waals surface area contributed by atoms with Crippen LogP contribution in [0.4, 0.5) is 0 Å². The third-order valence-corrected chi connectivity index (χ3v) is 17.7. The predicted octanol–water partition coefficient (Wildman–Crippen LogP) is 24.4. The number of carbonyl (C=O) groups is 2. The summed E-state index contributed by atoms with van der Waals surface area (Å²) in [5.74, 6) is -0.801. The Labute approximate surface area is 527 Å². The second-order valence-corrected chi connectivity index (χ2v) is 26.6. The SMILES string of the molecule is CC/C=C\C/C=C\C/C=C\C/C=C\CCCCCCCCCCCCCCCCCCCCCCCCCCCCCCC(=O)OC(COC(=O)CCCCCCCCCCCCCCCCCCCCCCCCC)COP(=O)(O)OCCN. The van der Waals surface area contributed by atoms with E-state index in [1.807, 2.05) is 0 Å².